The van der Waals surface area contributed by atoms with Gasteiger partial charge in [0.2, 0.25) is 5.97 Å². The second kappa shape index (κ2) is 7.19. The van der Waals surface area contributed by atoms with Gasteiger partial charge in [-0.3, -0.25) is 5.41 Å². The molecule has 1 fully saturated rings. The quantitative estimate of drug-likeness (QED) is 0.657. The van der Waals surface area contributed by atoms with Crippen LogP contribution in [-0.2, 0) is 4.74 Å². The molecule has 1 aromatic rings. The molecule has 1 aliphatic rings. The molecule has 0 amide bonds. The second-order valence-electron chi connectivity index (χ2n) is 4.85. The smallest absolute Gasteiger partial charge is 0.214 e. The lowest BCUT2D eigenvalue weighted by Gasteiger charge is -2.25. The lowest BCUT2D eigenvalue weighted by molar-refractivity contribution is 0.0343. The Bertz CT molecular complexity index is 584. The molecule has 2 N–H and O–H groups in total. The van der Waals surface area contributed by atoms with E-state index in [0.717, 1.165) is 19.3 Å². The van der Waals surface area contributed by atoms with E-state index in [-0.39, 0.29) is 23.0 Å². The van der Waals surface area contributed by atoms with Crippen LogP contribution in [0.4, 0.5) is 14.5 Å². The van der Waals surface area contributed by atoms with E-state index in [4.69, 9.17) is 10.1 Å². The van der Waals surface area contributed by atoms with Crippen molar-refractivity contribution < 1.29 is 13.5 Å². The van der Waals surface area contributed by atoms with Gasteiger partial charge in [0.15, 0.2) is 0 Å². The van der Waals surface area contributed by atoms with Crippen LogP contribution in [0.2, 0.25) is 0 Å². The number of anilines is 1. The van der Waals surface area contributed by atoms with Crippen molar-refractivity contribution in [2.24, 2.45) is 0 Å². The van der Waals surface area contributed by atoms with Crippen molar-refractivity contribution in [2.75, 3.05) is 11.9 Å². The first kappa shape index (κ1) is 15.5. The summed E-state index contributed by atoms with van der Waals surface area (Å²) in [4.78, 5) is 0. The van der Waals surface area contributed by atoms with Gasteiger partial charge in [-0.05, 0) is 31.4 Å². The molecular formula is C16H18F2N2O. The van der Waals surface area contributed by atoms with E-state index in [9.17, 15) is 8.78 Å². The number of ether oxygens (including phenoxy) is 1. The fourth-order valence-corrected chi connectivity index (χ4v) is 2.18. The molecule has 0 aromatic heterocycles. The van der Waals surface area contributed by atoms with Crippen LogP contribution < -0.4 is 5.32 Å². The topological polar surface area (TPSA) is 45.1 Å². The molecule has 1 saturated heterocycles. The third-order valence-electron chi connectivity index (χ3n) is 3.24. The van der Waals surface area contributed by atoms with Gasteiger partial charge in [-0.2, -0.15) is 4.39 Å². The van der Waals surface area contributed by atoms with Gasteiger partial charge in [-0.1, -0.05) is 18.8 Å². The molecule has 1 unspecified atom stereocenters. The SMILES string of the molecule is CCC#Cc1cc(C(=N)F)c(NC2CCCCO2)cc1F. The summed E-state index contributed by atoms with van der Waals surface area (Å²) >= 11 is 0. The molecule has 21 heavy (non-hydrogen) atoms. The average molecular weight is 292 g/mol. The minimum Gasteiger partial charge on any atom is -0.359 e. The van der Waals surface area contributed by atoms with Gasteiger partial charge in [-0.15, -0.1) is 0 Å². The summed E-state index contributed by atoms with van der Waals surface area (Å²) in [7, 11) is 0. The molecule has 1 atom stereocenters. The van der Waals surface area contributed by atoms with Crippen molar-refractivity contribution >= 4 is 11.7 Å². The van der Waals surface area contributed by atoms with Gasteiger partial charge >= 0.3 is 0 Å². The summed E-state index contributed by atoms with van der Waals surface area (Å²) in [5, 5.41) is 10.2. The predicted molar refractivity (Wildman–Crippen MR) is 78.7 cm³/mol. The molecule has 112 valence electrons. The number of rotatable bonds is 3. The standard InChI is InChI=1S/C16H18F2N2O/c1-2-3-6-11-9-12(16(18)19)14(10-13(11)17)20-15-7-4-5-8-21-15/h9-10,15,19-20H,2,4-5,7-8H2,1H3. The molecular weight excluding hydrogens is 274 g/mol. The van der Waals surface area contributed by atoms with E-state index in [2.05, 4.69) is 17.2 Å². The predicted octanol–water partition coefficient (Wildman–Crippen LogP) is 3.82. The van der Waals surface area contributed by atoms with Crippen molar-refractivity contribution in [3.63, 3.8) is 0 Å². The zero-order valence-electron chi connectivity index (χ0n) is 11.9. The average Bonchev–Trinajstić information content (AvgIpc) is 2.47. The van der Waals surface area contributed by atoms with Crippen LogP contribution in [0, 0.1) is 23.1 Å². The Balaban J connectivity index is 2.30. The van der Waals surface area contributed by atoms with Gasteiger partial charge in [0, 0.05) is 13.0 Å². The first-order valence-electron chi connectivity index (χ1n) is 7.06. The van der Waals surface area contributed by atoms with Crippen LogP contribution >= 0.6 is 0 Å². The minimum atomic E-state index is -1.12. The summed E-state index contributed by atoms with van der Waals surface area (Å²) in [5.74, 6) is 3.74. The Hall–Kier alpha value is -1.93. The summed E-state index contributed by atoms with van der Waals surface area (Å²) in [5.41, 5.74) is 0.337. The number of hydrogen-bond donors (Lipinski definition) is 2. The summed E-state index contributed by atoms with van der Waals surface area (Å²) in [6, 6.07) is 2.45. The van der Waals surface area contributed by atoms with E-state index in [1.54, 1.807) is 0 Å². The summed E-state index contributed by atoms with van der Waals surface area (Å²) < 4.78 is 32.9. The van der Waals surface area contributed by atoms with Crippen LogP contribution in [0.25, 0.3) is 0 Å². The Labute approximate surface area is 123 Å². The number of benzene rings is 1. The van der Waals surface area contributed by atoms with Crippen LogP contribution in [0.1, 0.15) is 43.7 Å². The molecule has 2 rings (SSSR count). The molecule has 1 aliphatic heterocycles. The van der Waals surface area contributed by atoms with Crippen molar-refractivity contribution in [3.8, 4) is 11.8 Å². The molecule has 0 aliphatic carbocycles. The van der Waals surface area contributed by atoms with E-state index in [1.165, 1.54) is 12.1 Å². The molecule has 3 nitrogen and oxygen atoms in total. The minimum absolute atomic E-state index is 0.00553. The highest BCUT2D eigenvalue weighted by atomic mass is 19.1. The van der Waals surface area contributed by atoms with E-state index < -0.39 is 11.8 Å². The third-order valence-corrected chi connectivity index (χ3v) is 3.24. The van der Waals surface area contributed by atoms with Crippen molar-refractivity contribution in [2.45, 2.75) is 38.8 Å². The fourth-order valence-electron chi connectivity index (χ4n) is 2.18. The number of hydrogen-bond acceptors (Lipinski definition) is 3. The third kappa shape index (κ3) is 4.02. The normalized spacial score (nSPS) is 17.8. The molecule has 5 heteroatoms. The molecule has 1 heterocycles. The Kier molecular flexibility index (Phi) is 5.29. The Morgan fingerprint density at radius 3 is 2.90 bits per heavy atom. The van der Waals surface area contributed by atoms with Crippen LogP contribution in [0.15, 0.2) is 12.1 Å². The zero-order valence-corrected chi connectivity index (χ0v) is 11.9. The molecule has 0 bridgehead atoms. The van der Waals surface area contributed by atoms with E-state index >= 15 is 0 Å². The zero-order chi connectivity index (χ0) is 15.2. The Morgan fingerprint density at radius 2 is 2.29 bits per heavy atom. The monoisotopic (exact) mass is 292 g/mol. The lowest BCUT2D eigenvalue weighted by Crippen LogP contribution is -2.28. The highest BCUT2D eigenvalue weighted by Crippen LogP contribution is 2.24. The van der Waals surface area contributed by atoms with Crippen LogP contribution in [0.3, 0.4) is 0 Å². The first-order valence-corrected chi connectivity index (χ1v) is 7.06. The van der Waals surface area contributed by atoms with Crippen LogP contribution in [0.5, 0.6) is 0 Å². The second-order valence-corrected chi connectivity index (χ2v) is 4.85. The maximum Gasteiger partial charge on any atom is 0.214 e. The maximum absolute atomic E-state index is 14.0. The Morgan fingerprint density at radius 1 is 1.48 bits per heavy atom. The largest absolute Gasteiger partial charge is 0.359 e. The van der Waals surface area contributed by atoms with Gasteiger partial charge in [0.05, 0.1) is 16.8 Å². The maximum atomic E-state index is 14.0. The van der Waals surface area contributed by atoms with Crippen molar-refractivity contribution in [3.05, 3.63) is 29.1 Å². The van der Waals surface area contributed by atoms with Gasteiger partial charge < -0.3 is 10.1 Å². The van der Waals surface area contributed by atoms with E-state index in [0.29, 0.717) is 13.0 Å². The number of nitrogens with one attached hydrogen (secondary N) is 2. The molecule has 1 aromatic carbocycles. The van der Waals surface area contributed by atoms with Gasteiger partial charge in [0.25, 0.3) is 0 Å². The van der Waals surface area contributed by atoms with Crippen molar-refractivity contribution in [1.29, 1.82) is 5.41 Å². The summed E-state index contributed by atoms with van der Waals surface area (Å²) in [6.07, 6.45) is 3.08. The lowest BCUT2D eigenvalue weighted by atomic mass is 10.1. The fraction of sp³-hybridized carbons (Fsp3) is 0.438. The van der Waals surface area contributed by atoms with E-state index in [1.807, 2.05) is 6.92 Å². The van der Waals surface area contributed by atoms with Gasteiger partial charge in [-0.25, -0.2) is 4.39 Å². The van der Waals surface area contributed by atoms with Gasteiger partial charge in [0.1, 0.15) is 12.0 Å². The first-order chi connectivity index (χ1) is 10.1. The molecule has 0 radical (unpaired) electrons. The molecule has 0 spiro atoms. The number of halogens is 2. The van der Waals surface area contributed by atoms with Crippen molar-refractivity contribution in [1.82, 2.24) is 0 Å². The highest BCUT2D eigenvalue weighted by Gasteiger charge is 2.18. The van der Waals surface area contributed by atoms with Crippen LogP contribution in [-0.4, -0.2) is 18.8 Å². The summed E-state index contributed by atoms with van der Waals surface area (Å²) in [6.45, 7) is 2.47. The molecule has 0 saturated carbocycles. The highest BCUT2D eigenvalue weighted by molar-refractivity contribution is 5.97.